The summed E-state index contributed by atoms with van der Waals surface area (Å²) in [4.78, 5) is 25.0. The number of carboxylic acid groups (broad SMARTS) is 1. The normalized spacial score (nSPS) is 43.2. The number of rotatable bonds is 21. The van der Waals surface area contributed by atoms with Crippen LogP contribution >= 0.6 is 0 Å². The van der Waals surface area contributed by atoms with Crippen LogP contribution in [0.3, 0.4) is 0 Å². The van der Waals surface area contributed by atoms with Gasteiger partial charge in [-0.3, -0.25) is 4.79 Å². The number of hydrogen-bond acceptors (Lipinski definition) is 28. The average Bonchev–Trinajstić information content (AvgIpc) is 3.28. The number of carbonyl (C=O) groups excluding carboxylic acids is 1. The SMILES string of the molecule is CC(=O)N[C@H]1[C@H]([C@H](O)[C@H](O)CO)O[C@@](O[C@H]2[C@@H](O)[C@@H](CO[C@@H]3O[C@H](CO)[C@H](O[C@@H]4O[C@H](CO)[C@H](O)[C@H](O)[C@H]4O)[C@H](O)[C@H]3O)O[C@@H](O[C@@H]([C@H](O)[C@@H](O)CO)[C@H](O)CO)[C@@H]2O)(C(=O)O)C[C@@H]1O. The molecule has 0 unspecified atom stereocenters. The van der Waals surface area contributed by atoms with E-state index < -0.39 is 211 Å². The lowest BCUT2D eigenvalue weighted by Gasteiger charge is -2.50. The smallest absolute Gasteiger partial charge is 0.364 e. The van der Waals surface area contributed by atoms with E-state index in [1.165, 1.54) is 0 Å². The van der Waals surface area contributed by atoms with Crippen LogP contribution in [0.1, 0.15) is 13.3 Å². The molecule has 30 nitrogen and oxygen atoms in total. The fraction of sp³-hybridized carbons (Fsp3) is 0.943. The Morgan fingerprint density at radius 1 is 0.662 bits per heavy atom. The summed E-state index contributed by atoms with van der Waals surface area (Å²) >= 11 is 0. The number of amides is 1. The van der Waals surface area contributed by atoms with Crippen molar-refractivity contribution in [3.63, 3.8) is 0 Å². The lowest BCUT2D eigenvalue weighted by Crippen LogP contribution is -2.70. The van der Waals surface area contributed by atoms with Crippen molar-refractivity contribution in [3.05, 3.63) is 0 Å². The molecule has 1 amide bonds. The Hall–Kier alpha value is -2.10. The number of carbonyl (C=O) groups is 2. The molecule has 4 heterocycles. The predicted molar refractivity (Wildman–Crippen MR) is 198 cm³/mol. The summed E-state index contributed by atoms with van der Waals surface area (Å²) in [6.07, 6.45) is -48.8. The summed E-state index contributed by atoms with van der Waals surface area (Å²) in [7, 11) is 0. The molecule has 0 saturated carbocycles. The first-order valence-corrected chi connectivity index (χ1v) is 20.2. The topological polar surface area (TPSA) is 504 Å². The van der Waals surface area contributed by atoms with Crippen molar-refractivity contribution in [2.75, 3.05) is 39.6 Å². The van der Waals surface area contributed by atoms with E-state index in [4.69, 9.17) is 37.9 Å². The van der Waals surface area contributed by atoms with Crippen LogP contribution in [0.15, 0.2) is 0 Å². The monoisotopic (exact) mass is 959 g/mol. The molecule has 0 radical (unpaired) electrons. The van der Waals surface area contributed by atoms with Crippen molar-refractivity contribution >= 4 is 11.9 Å². The maximum atomic E-state index is 13.0. The van der Waals surface area contributed by atoms with E-state index in [0.29, 0.717) is 0 Å². The van der Waals surface area contributed by atoms with Gasteiger partial charge in [0.2, 0.25) is 5.91 Å². The number of carboxylic acids is 1. The summed E-state index contributed by atoms with van der Waals surface area (Å²) in [5.74, 6) is -6.23. The zero-order chi connectivity index (χ0) is 48.8. The second-order valence-corrected chi connectivity index (χ2v) is 15.9. The molecule has 0 spiro atoms. The highest BCUT2D eigenvalue weighted by atomic mass is 16.8. The van der Waals surface area contributed by atoms with E-state index in [1.54, 1.807) is 0 Å². The highest BCUT2D eigenvalue weighted by molar-refractivity contribution is 5.76. The van der Waals surface area contributed by atoms with E-state index >= 15 is 0 Å². The first-order chi connectivity index (χ1) is 30.5. The summed E-state index contributed by atoms with van der Waals surface area (Å²) in [6, 6.07) is -1.69. The number of nitrogens with one attached hydrogen (secondary N) is 1. The van der Waals surface area contributed by atoms with E-state index in [-0.39, 0.29) is 0 Å². The van der Waals surface area contributed by atoms with Crippen LogP contribution < -0.4 is 5.32 Å². The number of ether oxygens (including phenoxy) is 8. The molecular weight excluding hydrogens is 898 g/mol. The van der Waals surface area contributed by atoms with Gasteiger partial charge in [-0.25, -0.2) is 4.79 Å². The Bertz CT molecular complexity index is 1490. The second kappa shape index (κ2) is 24.0. The minimum atomic E-state index is -3.26. The van der Waals surface area contributed by atoms with E-state index in [2.05, 4.69) is 5.32 Å². The van der Waals surface area contributed by atoms with Crippen molar-refractivity contribution in [3.8, 4) is 0 Å². The Balaban J connectivity index is 1.66. The van der Waals surface area contributed by atoms with Crippen molar-refractivity contribution in [2.24, 2.45) is 0 Å². The van der Waals surface area contributed by atoms with Gasteiger partial charge in [0.15, 0.2) is 18.9 Å². The molecule has 0 aromatic carbocycles. The molecule has 0 bridgehead atoms. The molecule has 4 saturated heterocycles. The highest BCUT2D eigenvalue weighted by Crippen LogP contribution is 2.38. The molecule has 20 N–H and O–H groups in total. The van der Waals surface area contributed by atoms with Crippen LogP contribution in [0.2, 0.25) is 0 Å². The zero-order valence-corrected chi connectivity index (χ0v) is 34.4. The van der Waals surface area contributed by atoms with Gasteiger partial charge in [-0.15, -0.1) is 0 Å². The van der Waals surface area contributed by atoms with Crippen molar-refractivity contribution in [1.29, 1.82) is 0 Å². The average molecular weight is 960 g/mol. The first kappa shape index (κ1) is 55.5. The van der Waals surface area contributed by atoms with E-state index in [9.17, 15) is 107 Å². The maximum Gasteiger partial charge on any atom is 0.364 e. The van der Waals surface area contributed by atoms with Crippen molar-refractivity contribution in [2.45, 2.75) is 166 Å². The molecule has 4 fully saturated rings. The van der Waals surface area contributed by atoms with Gasteiger partial charge < -0.3 is 140 Å². The third-order valence-corrected chi connectivity index (χ3v) is 11.3. The van der Waals surface area contributed by atoms with E-state index in [0.717, 1.165) is 6.92 Å². The van der Waals surface area contributed by atoms with Gasteiger partial charge in [-0.2, -0.15) is 0 Å². The van der Waals surface area contributed by atoms with Gasteiger partial charge in [-0.1, -0.05) is 0 Å². The Kier molecular flexibility index (Phi) is 20.5. The minimum Gasteiger partial charge on any atom is -0.477 e. The molecule has 25 atom stereocenters. The van der Waals surface area contributed by atoms with Crippen LogP contribution in [0.4, 0.5) is 0 Å². The van der Waals surface area contributed by atoms with Gasteiger partial charge in [0.25, 0.3) is 5.79 Å². The quantitative estimate of drug-likeness (QED) is 0.0508. The molecule has 4 aliphatic rings. The fourth-order valence-corrected chi connectivity index (χ4v) is 7.63. The zero-order valence-electron chi connectivity index (χ0n) is 34.4. The molecule has 4 aliphatic heterocycles. The maximum absolute atomic E-state index is 13.0. The molecule has 4 rings (SSSR count). The van der Waals surface area contributed by atoms with Crippen molar-refractivity contribution in [1.82, 2.24) is 5.32 Å². The summed E-state index contributed by atoms with van der Waals surface area (Å²) < 4.78 is 44.3. The molecular formula is C35H61NO29. The number of aliphatic hydroxyl groups excluding tert-OH is 18. The summed E-state index contributed by atoms with van der Waals surface area (Å²) in [6.45, 7) is -5.46. The number of hydrogen-bond donors (Lipinski definition) is 20. The Labute approximate surface area is 367 Å². The number of aliphatic hydroxyl groups is 18. The molecule has 30 heteroatoms. The van der Waals surface area contributed by atoms with Crippen LogP contribution in [0.5, 0.6) is 0 Å². The van der Waals surface area contributed by atoms with Gasteiger partial charge >= 0.3 is 5.97 Å². The van der Waals surface area contributed by atoms with Gasteiger partial charge in [-0.05, 0) is 0 Å². The predicted octanol–water partition coefficient (Wildman–Crippen LogP) is -12.9. The molecule has 0 aromatic heterocycles. The third kappa shape index (κ3) is 12.4. The van der Waals surface area contributed by atoms with Crippen LogP contribution in [-0.4, -0.2) is 301 Å². The van der Waals surface area contributed by atoms with Crippen LogP contribution in [0, 0.1) is 0 Å². The molecule has 0 aromatic rings. The van der Waals surface area contributed by atoms with Crippen LogP contribution in [0.25, 0.3) is 0 Å². The second-order valence-electron chi connectivity index (χ2n) is 15.9. The van der Waals surface area contributed by atoms with Crippen LogP contribution in [-0.2, 0) is 47.5 Å². The summed E-state index contributed by atoms with van der Waals surface area (Å²) in [5.41, 5.74) is 0. The highest BCUT2D eigenvalue weighted by Gasteiger charge is 2.60. The van der Waals surface area contributed by atoms with Gasteiger partial charge in [0, 0.05) is 13.3 Å². The Morgan fingerprint density at radius 2 is 1.23 bits per heavy atom. The lowest BCUT2D eigenvalue weighted by molar-refractivity contribution is -0.384. The Morgan fingerprint density at radius 3 is 1.78 bits per heavy atom. The molecule has 65 heavy (non-hydrogen) atoms. The molecule has 0 aliphatic carbocycles. The van der Waals surface area contributed by atoms with Gasteiger partial charge in [0.05, 0.1) is 51.8 Å². The first-order valence-electron chi connectivity index (χ1n) is 20.2. The fourth-order valence-electron chi connectivity index (χ4n) is 7.63. The molecule has 380 valence electrons. The summed E-state index contributed by atoms with van der Waals surface area (Å²) in [5, 5.41) is 200. The minimum absolute atomic E-state index is 0.843. The van der Waals surface area contributed by atoms with E-state index in [1.807, 2.05) is 0 Å². The standard InChI is InChI=1S/C35H61NO29/c1-9(42)36-17-10(43)2-35(34(56)57,64-29(17)19(48)12(45)4-38)65-30-21(50)16(61-33(26(30)55)62-27(13(46)5-39)18(47)11(44)3-37)8-58-31-25(54)23(52)28(15(7-41)60-31)63-32-24(53)22(51)20(49)14(6-40)59-32/h10-33,37-41,43-55H,2-8H2,1H3,(H,36,42)(H,56,57)/t10-,11-,12+,13+,14+,15+,16+,17+,18+,19+,20-,21-,22-,23+,24+,25+,26+,27+,28-,29+,30-,31+,32-,33-,35-/m0/s1. The lowest BCUT2D eigenvalue weighted by atomic mass is 9.88. The third-order valence-electron chi connectivity index (χ3n) is 11.3. The number of aliphatic carboxylic acids is 1. The van der Waals surface area contributed by atoms with Crippen molar-refractivity contribution < 1.29 is 145 Å². The largest absolute Gasteiger partial charge is 0.477 e. The van der Waals surface area contributed by atoms with Gasteiger partial charge in [0.1, 0.15) is 116 Å².